The molecule has 148 valence electrons. The lowest BCUT2D eigenvalue weighted by Crippen LogP contribution is -2.31. The van der Waals surface area contributed by atoms with E-state index in [2.05, 4.69) is 10.2 Å². The Bertz CT molecular complexity index is 1290. The molecule has 0 bridgehead atoms. The summed E-state index contributed by atoms with van der Waals surface area (Å²) < 4.78 is 56.9. The van der Waals surface area contributed by atoms with Gasteiger partial charge in [0.25, 0.3) is 10.0 Å². The van der Waals surface area contributed by atoms with Gasteiger partial charge in [0.1, 0.15) is 11.2 Å². The van der Waals surface area contributed by atoms with Crippen LogP contribution in [0.1, 0.15) is 11.1 Å². The second-order valence-corrected chi connectivity index (χ2v) is 8.36. The van der Waals surface area contributed by atoms with Gasteiger partial charge in [0.2, 0.25) is 0 Å². The number of benzene rings is 2. The van der Waals surface area contributed by atoms with Crippen LogP contribution >= 0.6 is 0 Å². The minimum Gasteiger partial charge on any atom is -0.288 e. The van der Waals surface area contributed by atoms with E-state index < -0.39 is 21.7 Å². The number of nitrogens with zero attached hydrogens (tertiary/aromatic N) is 4. The molecule has 0 saturated carbocycles. The molecule has 9 heteroatoms. The first-order valence-electron chi connectivity index (χ1n) is 8.68. The average Bonchev–Trinajstić information content (AvgIpc) is 3.18. The molecule has 0 N–H and O–H groups in total. The molecule has 0 unspecified atom stereocenters. The number of halogens is 2. The molecule has 0 radical (unpaired) electrons. The molecule has 0 fully saturated rings. The molecule has 0 aliphatic carbocycles. The predicted molar refractivity (Wildman–Crippen MR) is 104 cm³/mol. The molecular formula is C20H16F2N4O2S. The van der Waals surface area contributed by atoms with E-state index in [1.54, 1.807) is 24.4 Å². The van der Waals surface area contributed by atoms with Crippen molar-refractivity contribution in [2.75, 3.05) is 4.31 Å². The van der Waals surface area contributed by atoms with Crippen molar-refractivity contribution < 1.29 is 17.2 Å². The Balaban J connectivity index is 1.87. The SMILES string of the molecule is Cc1ccc(CN(c2ccc(F)c(F)c2)S(=O)(=O)c2cccn3cnnc23)cc1. The fourth-order valence-electron chi connectivity index (χ4n) is 2.96. The molecule has 0 amide bonds. The Kier molecular flexibility index (Phi) is 4.75. The normalized spacial score (nSPS) is 11.7. The van der Waals surface area contributed by atoms with E-state index >= 15 is 0 Å². The monoisotopic (exact) mass is 414 g/mol. The number of sulfonamides is 1. The average molecular weight is 414 g/mol. The van der Waals surface area contributed by atoms with Gasteiger partial charge in [-0.3, -0.25) is 8.71 Å². The lowest BCUT2D eigenvalue weighted by atomic mass is 10.1. The quantitative estimate of drug-likeness (QED) is 0.499. The highest BCUT2D eigenvalue weighted by atomic mass is 32.2. The Hall–Kier alpha value is -3.33. The summed E-state index contributed by atoms with van der Waals surface area (Å²) in [7, 11) is -4.17. The number of rotatable bonds is 5. The second kappa shape index (κ2) is 7.25. The van der Waals surface area contributed by atoms with Gasteiger partial charge < -0.3 is 0 Å². The molecule has 0 saturated heterocycles. The van der Waals surface area contributed by atoms with Crippen molar-refractivity contribution in [3.05, 3.63) is 89.9 Å². The van der Waals surface area contributed by atoms with Gasteiger partial charge in [-0.25, -0.2) is 17.2 Å². The van der Waals surface area contributed by atoms with Gasteiger partial charge >= 0.3 is 0 Å². The van der Waals surface area contributed by atoms with Crippen LogP contribution in [-0.4, -0.2) is 23.0 Å². The van der Waals surface area contributed by atoms with Crippen LogP contribution in [0.3, 0.4) is 0 Å². The first kappa shape index (κ1) is 19.0. The molecule has 0 atom stereocenters. The summed E-state index contributed by atoms with van der Waals surface area (Å²) in [6, 6.07) is 13.2. The molecule has 2 aromatic carbocycles. The van der Waals surface area contributed by atoms with Gasteiger partial charge in [0.05, 0.1) is 12.2 Å². The third-order valence-corrected chi connectivity index (χ3v) is 6.29. The van der Waals surface area contributed by atoms with E-state index in [0.29, 0.717) is 5.56 Å². The van der Waals surface area contributed by atoms with Crippen LogP contribution in [0.2, 0.25) is 0 Å². The van der Waals surface area contributed by atoms with Crippen LogP contribution in [0.4, 0.5) is 14.5 Å². The number of aryl methyl sites for hydroxylation is 1. The lowest BCUT2D eigenvalue weighted by molar-refractivity contribution is 0.508. The predicted octanol–water partition coefficient (Wildman–Crippen LogP) is 3.71. The van der Waals surface area contributed by atoms with E-state index in [0.717, 1.165) is 22.0 Å². The van der Waals surface area contributed by atoms with Crippen molar-refractivity contribution in [2.45, 2.75) is 18.4 Å². The topological polar surface area (TPSA) is 67.6 Å². The van der Waals surface area contributed by atoms with E-state index in [4.69, 9.17) is 0 Å². The Labute approximate surface area is 166 Å². The summed E-state index contributed by atoms with van der Waals surface area (Å²) >= 11 is 0. The molecule has 29 heavy (non-hydrogen) atoms. The molecule has 0 spiro atoms. The molecule has 6 nitrogen and oxygen atoms in total. The molecule has 0 aliphatic rings. The van der Waals surface area contributed by atoms with Crippen LogP contribution in [0.15, 0.2) is 72.0 Å². The highest BCUT2D eigenvalue weighted by molar-refractivity contribution is 7.93. The second-order valence-electron chi connectivity index (χ2n) is 6.53. The molecule has 4 rings (SSSR count). The van der Waals surface area contributed by atoms with Crippen molar-refractivity contribution in [2.24, 2.45) is 0 Å². The summed E-state index contributed by atoms with van der Waals surface area (Å²) in [5, 5.41) is 7.63. The fraction of sp³-hybridized carbons (Fsp3) is 0.100. The zero-order chi connectivity index (χ0) is 20.6. The number of aromatic nitrogens is 3. The largest absolute Gasteiger partial charge is 0.288 e. The maximum atomic E-state index is 13.9. The Morgan fingerprint density at radius 2 is 1.79 bits per heavy atom. The summed E-state index contributed by atoms with van der Waals surface area (Å²) in [5.74, 6) is -2.19. The standard InChI is InChI=1S/C20H16F2N4O2S/c1-14-4-6-15(7-5-14)12-26(16-8-9-17(21)18(22)11-16)29(27,28)19-3-2-10-25-13-23-24-20(19)25/h2-11,13H,12H2,1H3. The van der Waals surface area contributed by atoms with E-state index in [1.165, 1.54) is 22.9 Å². The fourth-order valence-corrected chi connectivity index (χ4v) is 4.54. The smallest absolute Gasteiger partial charge is 0.268 e. The van der Waals surface area contributed by atoms with Crippen molar-refractivity contribution in [3.63, 3.8) is 0 Å². The summed E-state index contributed by atoms with van der Waals surface area (Å²) in [6.07, 6.45) is 3.01. The van der Waals surface area contributed by atoms with Crippen LogP contribution in [-0.2, 0) is 16.6 Å². The molecule has 4 aromatic rings. The zero-order valence-electron chi connectivity index (χ0n) is 15.3. The number of anilines is 1. The van der Waals surface area contributed by atoms with Crippen molar-refractivity contribution in [1.29, 1.82) is 0 Å². The summed E-state index contributed by atoms with van der Waals surface area (Å²) in [6.45, 7) is 1.85. The number of hydrogen-bond acceptors (Lipinski definition) is 4. The lowest BCUT2D eigenvalue weighted by Gasteiger charge is -2.25. The maximum absolute atomic E-state index is 13.9. The first-order chi connectivity index (χ1) is 13.9. The van der Waals surface area contributed by atoms with Gasteiger partial charge in [-0.05, 0) is 36.8 Å². The van der Waals surface area contributed by atoms with Gasteiger partial charge in [-0.2, -0.15) is 0 Å². The van der Waals surface area contributed by atoms with Crippen LogP contribution < -0.4 is 4.31 Å². The molecule has 2 heterocycles. The van der Waals surface area contributed by atoms with Crippen LogP contribution in [0.25, 0.3) is 5.65 Å². The van der Waals surface area contributed by atoms with Gasteiger partial charge in [-0.15, -0.1) is 10.2 Å². The number of hydrogen-bond donors (Lipinski definition) is 0. The Morgan fingerprint density at radius 1 is 1.03 bits per heavy atom. The Morgan fingerprint density at radius 3 is 2.52 bits per heavy atom. The summed E-state index contributed by atoms with van der Waals surface area (Å²) in [5.41, 5.74) is 1.86. The third kappa shape index (κ3) is 3.56. The molecule has 0 aliphatic heterocycles. The van der Waals surface area contributed by atoms with Gasteiger partial charge in [0.15, 0.2) is 17.3 Å². The number of pyridine rings is 1. The van der Waals surface area contributed by atoms with E-state index in [-0.39, 0.29) is 22.8 Å². The maximum Gasteiger partial charge on any atom is 0.268 e. The van der Waals surface area contributed by atoms with Crippen molar-refractivity contribution in [3.8, 4) is 0 Å². The van der Waals surface area contributed by atoms with Crippen LogP contribution in [0, 0.1) is 18.6 Å². The number of fused-ring (bicyclic) bond motifs is 1. The zero-order valence-corrected chi connectivity index (χ0v) is 16.1. The molecular weight excluding hydrogens is 398 g/mol. The van der Waals surface area contributed by atoms with Gasteiger partial charge in [0, 0.05) is 12.3 Å². The third-order valence-electron chi connectivity index (χ3n) is 4.49. The molecule has 2 aromatic heterocycles. The highest BCUT2D eigenvalue weighted by Crippen LogP contribution is 2.29. The summed E-state index contributed by atoms with van der Waals surface area (Å²) in [4.78, 5) is -0.0886. The van der Waals surface area contributed by atoms with E-state index in [9.17, 15) is 17.2 Å². The first-order valence-corrected chi connectivity index (χ1v) is 10.1. The minimum atomic E-state index is -4.17. The highest BCUT2D eigenvalue weighted by Gasteiger charge is 2.29. The van der Waals surface area contributed by atoms with Gasteiger partial charge in [-0.1, -0.05) is 29.8 Å². The van der Waals surface area contributed by atoms with Crippen LogP contribution in [0.5, 0.6) is 0 Å². The van der Waals surface area contributed by atoms with E-state index in [1.807, 2.05) is 19.1 Å². The minimum absolute atomic E-state index is 0.00555. The van der Waals surface area contributed by atoms with Crippen molar-refractivity contribution in [1.82, 2.24) is 14.6 Å². The van der Waals surface area contributed by atoms with Crippen molar-refractivity contribution >= 4 is 21.4 Å².